The Morgan fingerprint density at radius 3 is 2.38 bits per heavy atom. The van der Waals surface area contributed by atoms with Crippen LogP contribution in [0.3, 0.4) is 0 Å². The van der Waals surface area contributed by atoms with E-state index in [9.17, 15) is 5.11 Å². The molecule has 1 nitrogen and oxygen atoms in total. The SMILES string of the molecule is C=CCCC(O)(C#Cc1ccc(C)cc1)c1ccccc1. The van der Waals surface area contributed by atoms with Gasteiger partial charge in [0.25, 0.3) is 0 Å². The maximum absolute atomic E-state index is 10.9. The van der Waals surface area contributed by atoms with Crippen LogP contribution in [0.4, 0.5) is 0 Å². The highest BCUT2D eigenvalue weighted by molar-refractivity contribution is 5.40. The third kappa shape index (κ3) is 4.08. The molecule has 0 heterocycles. The van der Waals surface area contributed by atoms with Crippen LogP contribution in [0.2, 0.25) is 0 Å². The molecule has 0 aromatic heterocycles. The lowest BCUT2D eigenvalue weighted by Crippen LogP contribution is -2.23. The summed E-state index contributed by atoms with van der Waals surface area (Å²) in [6.07, 6.45) is 3.06. The molecule has 0 amide bonds. The molecule has 0 aliphatic heterocycles. The van der Waals surface area contributed by atoms with Gasteiger partial charge in [-0.15, -0.1) is 6.58 Å². The van der Waals surface area contributed by atoms with Crippen LogP contribution in [0.15, 0.2) is 67.3 Å². The van der Waals surface area contributed by atoms with Gasteiger partial charge in [0.2, 0.25) is 0 Å². The topological polar surface area (TPSA) is 20.2 Å². The van der Waals surface area contributed by atoms with Gasteiger partial charge in [-0.05, 0) is 37.5 Å². The van der Waals surface area contributed by atoms with Crippen molar-refractivity contribution in [1.29, 1.82) is 0 Å². The highest BCUT2D eigenvalue weighted by Crippen LogP contribution is 2.26. The van der Waals surface area contributed by atoms with Crippen LogP contribution in [0.1, 0.15) is 29.5 Å². The molecule has 0 spiro atoms. The molecule has 0 saturated carbocycles. The van der Waals surface area contributed by atoms with Gasteiger partial charge in [-0.1, -0.05) is 65.9 Å². The lowest BCUT2D eigenvalue weighted by molar-refractivity contribution is 0.0914. The summed E-state index contributed by atoms with van der Waals surface area (Å²) in [7, 11) is 0. The van der Waals surface area contributed by atoms with Crippen molar-refractivity contribution in [2.45, 2.75) is 25.4 Å². The van der Waals surface area contributed by atoms with Crippen LogP contribution in [-0.2, 0) is 5.60 Å². The second-order valence-electron chi connectivity index (χ2n) is 5.17. The predicted octanol–water partition coefficient (Wildman–Crippen LogP) is 4.20. The first-order valence-corrected chi connectivity index (χ1v) is 7.13. The van der Waals surface area contributed by atoms with E-state index in [0.29, 0.717) is 12.8 Å². The van der Waals surface area contributed by atoms with Crippen LogP contribution in [0.25, 0.3) is 0 Å². The van der Waals surface area contributed by atoms with Gasteiger partial charge < -0.3 is 5.11 Å². The zero-order chi connectivity index (χ0) is 15.1. The van der Waals surface area contributed by atoms with Crippen molar-refractivity contribution in [2.75, 3.05) is 0 Å². The van der Waals surface area contributed by atoms with Gasteiger partial charge >= 0.3 is 0 Å². The summed E-state index contributed by atoms with van der Waals surface area (Å²) >= 11 is 0. The molecule has 2 aromatic carbocycles. The normalized spacial score (nSPS) is 12.9. The molecule has 0 saturated heterocycles. The molecular weight excluding hydrogens is 256 g/mol. The van der Waals surface area contributed by atoms with Crippen molar-refractivity contribution in [3.05, 3.63) is 83.9 Å². The maximum atomic E-state index is 10.9. The number of benzene rings is 2. The second kappa shape index (κ2) is 6.92. The van der Waals surface area contributed by atoms with Gasteiger partial charge in [0.05, 0.1) is 0 Å². The van der Waals surface area contributed by atoms with Crippen LogP contribution >= 0.6 is 0 Å². The van der Waals surface area contributed by atoms with Crippen molar-refractivity contribution in [2.24, 2.45) is 0 Å². The summed E-state index contributed by atoms with van der Waals surface area (Å²) in [5.74, 6) is 6.13. The monoisotopic (exact) mass is 276 g/mol. The molecule has 0 bridgehead atoms. The molecule has 106 valence electrons. The smallest absolute Gasteiger partial charge is 0.151 e. The van der Waals surface area contributed by atoms with E-state index in [2.05, 4.69) is 18.4 Å². The zero-order valence-electron chi connectivity index (χ0n) is 12.3. The minimum atomic E-state index is -1.14. The fourth-order valence-electron chi connectivity index (χ4n) is 2.12. The average Bonchev–Trinajstić information content (AvgIpc) is 2.53. The zero-order valence-corrected chi connectivity index (χ0v) is 12.3. The summed E-state index contributed by atoms with van der Waals surface area (Å²) in [5, 5.41) is 10.9. The molecule has 0 fully saturated rings. The van der Waals surface area contributed by atoms with Gasteiger partial charge in [0.15, 0.2) is 5.60 Å². The predicted molar refractivity (Wildman–Crippen MR) is 87.8 cm³/mol. The molecule has 2 aromatic rings. The van der Waals surface area contributed by atoms with Crippen LogP contribution in [0.5, 0.6) is 0 Å². The van der Waals surface area contributed by atoms with Gasteiger partial charge in [-0.25, -0.2) is 0 Å². The van der Waals surface area contributed by atoms with Gasteiger partial charge in [0.1, 0.15) is 0 Å². The van der Waals surface area contributed by atoms with Crippen LogP contribution < -0.4 is 0 Å². The summed E-state index contributed by atoms with van der Waals surface area (Å²) in [4.78, 5) is 0. The Bertz CT molecular complexity index is 644. The first-order valence-electron chi connectivity index (χ1n) is 7.13. The van der Waals surface area contributed by atoms with E-state index in [4.69, 9.17) is 0 Å². The molecule has 1 unspecified atom stereocenters. The Kier molecular flexibility index (Phi) is 4.98. The Morgan fingerprint density at radius 2 is 1.76 bits per heavy atom. The molecule has 0 radical (unpaired) electrons. The fraction of sp³-hybridized carbons (Fsp3) is 0.200. The number of hydrogen-bond acceptors (Lipinski definition) is 1. The number of allylic oxidation sites excluding steroid dienone is 1. The van der Waals surface area contributed by atoms with E-state index in [1.807, 2.05) is 67.6 Å². The third-order valence-corrected chi connectivity index (χ3v) is 3.43. The minimum absolute atomic E-state index is 0.541. The average molecular weight is 276 g/mol. The summed E-state index contributed by atoms with van der Waals surface area (Å²) in [5.41, 5.74) is 1.80. The number of aliphatic hydroxyl groups is 1. The molecule has 1 atom stereocenters. The quantitative estimate of drug-likeness (QED) is 0.655. The van der Waals surface area contributed by atoms with E-state index in [0.717, 1.165) is 11.1 Å². The van der Waals surface area contributed by atoms with Crippen molar-refractivity contribution < 1.29 is 5.11 Å². The van der Waals surface area contributed by atoms with E-state index in [1.54, 1.807) is 0 Å². The Labute approximate surface area is 127 Å². The molecular formula is C20H20O. The molecule has 1 heteroatoms. The van der Waals surface area contributed by atoms with Crippen LogP contribution in [-0.4, -0.2) is 5.11 Å². The van der Waals surface area contributed by atoms with Gasteiger partial charge in [-0.3, -0.25) is 0 Å². The van der Waals surface area contributed by atoms with E-state index in [-0.39, 0.29) is 0 Å². The van der Waals surface area contributed by atoms with Crippen molar-refractivity contribution in [3.8, 4) is 11.8 Å². The lowest BCUT2D eigenvalue weighted by atomic mass is 9.89. The van der Waals surface area contributed by atoms with E-state index >= 15 is 0 Å². The maximum Gasteiger partial charge on any atom is 0.151 e. The van der Waals surface area contributed by atoms with Crippen molar-refractivity contribution in [1.82, 2.24) is 0 Å². The number of aryl methyl sites for hydroxylation is 1. The Hall–Kier alpha value is -2.30. The number of rotatable bonds is 4. The van der Waals surface area contributed by atoms with Gasteiger partial charge in [0, 0.05) is 5.56 Å². The first-order chi connectivity index (χ1) is 10.1. The molecule has 0 aliphatic carbocycles. The minimum Gasteiger partial charge on any atom is -0.373 e. The summed E-state index contributed by atoms with van der Waals surface area (Å²) in [6, 6.07) is 17.6. The Balaban J connectivity index is 2.33. The van der Waals surface area contributed by atoms with Gasteiger partial charge in [-0.2, -0.15) is 0 Å². The van der Waals surface area contributed by atoms with Crippen molar-refractivity contribution >= 4 is 0 Å². The van der Waals surface area contributed by atoms with Crippen LogP contribution in [0, 0.1) is 18.8 Å². The van der Waals surface area contributed by atoms with E-state index < -0.39 is 5.60 Å². The lowest BCUT2D eigenvalue weighted by Gasteiger charge is -2.22. The highest BCUT2D eigenvalue weighted by Gasteiger charge is 2.25. The third-order valence-electron chi connectivity index (χ3n) is 3.43. The summed E-state index contributed by atoms with van der Waals surface area (Å²) < 4.78 is 0. The molecule has 1 N–H and O–H groups in total. The second-order valence-corrected chi connectivity index (χ2v) is 5.17. The molecule has 2 rings (SSSR count). The standard InChI is InChI=1S/C20H20O/c1-3-4-15-20(21,19-8-6-5-7-9-19)16-14-18-12-10-17(2)11-13-18/h3,5-13,21H,1,4,15H2,2H3. The molecule has 21 heavy (non-hydrogen) atoms. The largest absolute Gasteiger partial charge is 0.373 e. The first kappa shape index (κ1) is 15.1. The molecule has 0 aliphatic rings. The number of hydrogen-bond donors (Lipinski definition) is 1. The Morgan fingerprint density at radius 1 is 1.10 bits per heavy atom. The van der Waals surface area contributed by atoms with E-state index in [1.165, 1.54) is 5.56 Å². The summed E-state index contributed by atoms with van der Waals surface area (Å²) in [6.45, 7) is 5.77. The fourth-order valence-corrected chi connectivity index (χ4v) is 2.12. The van der Waals surface area contributed by atoms with Crippen molar-refractivity contribution in [3.63, 3.8) is 0 Å². The highest BCUT2D eigenvalue weighted by atomic mass is 16.3.